The van der Waals surface area contributed by atoms with Crippen LogP contribution in [0.4, 0.5) is 10.5 Å². The monoisotopic (exact) mass is 262 g/mol. The molecule has 1 atom stereocenters. The molecular formula is C15H22N2O2. The molecule has 0 aliphatic carbocycles. The maximum atomic E-state index is 12.3. The Morgan fingerprint density at radius 3 is 2.84 bits per heavy atom. The molecule has 0 unspecified atom stereocenters. The van der Waals surface area contributed by atoms with Crippen molar-refractivity contribution in [3.8, 4) is 0 Å². The maximum Gasteiger partial charge on any atom is 0.322 e. The highest BCUT2D eigenvalue weighted by atomic mass is 16.5. The average molecular weight is 262 g/mol. The number of hydrogen-bond donors (Lipinski definition) is 1. The standard InChI is InChI=1S/C15H22N2O2/c1-12(2)10-14-11-19-9-8-17(14)15(18)16-13-6-4-3-5-7-13/h3-7,12,14H,8-11H2,1-2H3,(H,16,18)/t14-/m0/s1. The van der Waals surface area contributed by atoms with E-state index >= 15 is 0 Å². The smallest absolute Gasteiger partial charge is 0.322 e. The lowest BCUT2D eigenvalue weighted by Gasteiger charge is -2.36. The fraction of sp³-hybridized carbons (Fsp3) is 0.533. The van der Waals surface area contributed by atoms with Crippen LogP contribution in [-0.2, 0) is 4.74 Å². The molecule has 2 amide bonds. The second-order valence-electron chi connectivity index (χ2n) is 5.35. The van der Waals surface area contributed by atoms with E-state index in [0.29, 0.717) is 25.7 Å². The molecule has 104 valence electrons. The van der Waals surface area contributed by atoms with Crippen LogP contribution in [-0.4, -0.2) is 36.7 Å². The zero-order chi connectivity index (χ0) is 13.7. The Kier molecular flexibility index (Phi) is 4.80. The normalized spacial score (nSPS) is 19.5. The van der Waals surface area contributed by atoms with Crippen LogP contribution < -0.4 is 5.32 Å². The molecule has 0 bridgehead atoms. The minimum absolute atomic E-state index is 0.0276. The van der Waals surface area contributed by atoms with Gasteiger partial charge in [-0.1, -0.05) is 32.0 Å². The van der Waals surface area contributed by atoms with Crippen molar-refractivity contribution in [2.24, 2.45) is 5.92 Å². The van der Waals surface area contributed by atoms with Gasteiger partial charge in [0.2, 0.25) is 0 Å². The van der Waals surface area contributed by atoms with Gasteiger partial charge in [0.15, 0.2) is 0 Å². The van der Waals surface area contributed by atoms with Gasteiger partial charge in [-0.15, -0.1) is 0 Å². The summed E-state index contributed by atoms with van der Waals surface area (Å²) in [5.41, 5.74) is 0.835. The average Bonchev–Trinajstić information content (AvgIpc) is 2.39. The van der Waals surface area contributed by atoms with Crippen molar-refractivity contribution in [2.75, 3.05) is 25.1 Å². The predicted molar refractivity (Wildman–Crippen MR) is 76.2 cm³/mol. The first-order chi connectivity index (χ1) is 9.16. The molecule has 0 saturated carbocycles. The summed E-state index contributed by atoms with van der Waals surface area (Å²) >= 11 is 0. The van der Waals surface area contributed by atoms with E-state index in [4.69, 9.17) is 4.74 Å². The molecule has 1 aliphatic heterocycles. The van der Waals surface area contributed by atoms with Crippen molar-refractivity contribution in [3.05, 3.63) is 30.3 Å². The van der Waals surface area contributed by atoms with Crippen LogP contribution in [0.25, 0.3) is 0 Å². The summed E-state index contributed by atoms with van der Waals surface area (Å²) in [5.74, 6) is 0.554. The molecule has 1 heterocycles. The van der Waals surface area contributed by atoms with Gasteiger partial charge >= 0.3 is 6.03 Å². The van der Waals surface area contributed by atoms with Crippen molar-refractivity contribution < 1.29 is 9.53 Å². The van der Waals surface area contributed by atoms with E-state index in [0.717, 1.165) is 12.1 Å². The Balaban J connectivity index is 1.99. The quantitative estimate of drug-likeness (QED) is 0.910. The number of para-hydroxylation sites is 1. The fourth-order valence-electron chi connectivity index (χ4n) is 2.38. The summed E-state index contributed by atoms with van der Waals surface area (Å²) in [6, 6.07) is 9.72. The van der Waals surface area contributed by atoms with Crippen LogP contribution >= 0.6 is 0 Å². The molecule has 1 N–H and O–H groups in total. The highest BCUT2D eigenvalue weighted by molar-refractivity contribution is 5.89. The minimum Gasteiger partial charge on any atom is -0.377 e. The van der Waals surface area contributed by atoms with Gasteiger partial charge in [0.25, 0.3) is 0 Å². The van der Waals surface area contributed by atoms with Crippen LogP contribution in [0, 0.1) is 5.92 Å². The van der Waals surface area contributed by atoms with Crippen molar-refractivity contribution in [1.29, 1.82) is 0 Å². The molecule has 1 aliphatic rings. The van der Waals surface area contributed by atoms with Crippen LogP contribution in [0.1, 0.15) is 20.3 Å². The van der Waals surface area contributed by atoms with Gasteiger partial charge < -0.3 is 15.0 Å². The first kappa shape index (κ1) is 13.9. The molecule has 0 spiro atoms. The molecule has 1 aromatic rings. The third kappa shape index (κ3) is 3.96. The lowest BCUT2D eigenvalue weighted by atomic mass is 10.0. The number of carbonyl (C=O) groups is 1. The van der Waals surface area contributed by atoms with Crippen LogP contribution in [0.5, 0.6) is 0 Å². The molecule has 0 radical (unpaired) electrons. The van der Waals surface area contributed by atoms with E-state index in [1.165, 1.54) is 0 Å². The van der Waals surface area contributed by atoms with Gasteiger partial charge in [-0.3, -0.25) is 0 Å². The van der Waals surface area contributed by atoms with Crippen LogP contribution in [0.3, 0.4) is 0 Å². The number of anilines is 1. The number of amides is 2. The van der Waals surface area contributed by atoms with E-state index in [1.54, 1.807) is 0 Å². The van der Waals surface area contributed by atoms with Gasteiger partial charge in [0.1, 0.15) is 0 Å². The summed E-state index contributed by atoms with van der Waals surface area (Å²) in [5, 5.41) is 2.95. The first-order valence-electron chi connectivity index (χ1n) is 6.87. The number of urea groups is 1. The highest BCUT2D eigenvalue weighted by Crippen LogP contribution is 2.17. The summed E-state index contributed by atoms with van der Waals surface area (Å²) in [7, 11) is 0. The van der Waals surface area contributed by atoms with Crippen LogP contribution in [0.2, 0.25) is 0 Å². The lowest BCUT2D eigenvalue weighted by molar-refractivity contribution is 0.00857. The lowest BCUT2D eigenvalue weighted by Crippen LogP contribution is -2.50. The Hall–Kier alpha value is -1.55. The minimum atomic E-state index is -0.0276. The van der Waals surface area contributed by atoms with Gasteiger partial charge in [0, 0.05) is 12.2 Å². The summed E-state index contributed by atoms with van der Waals surface area (Å²) < 4.78 is 5.49. The topological polar surface area (TPSA) is 41.6 Å². The van der Waals surface area contributed by atoms with E-state index in [9.17, 15) is 4.79 Å². The SMILES string of the molecule is CC(C)C[C@H]1COCCN1C(=O)Nc1ccccc1. The van der Waals surface area contributed by atoms with Crippen molar-refractivity contribution in [1.82, 2.24) is 4.90 Å². The third-order valence-electron chi connectivity index (χ3n) is 3.26. The summed E-state index contributed by atoms with van der Waals surface area (Å²) in [4.78, 5) is 14.2. The Morgan fingerprint density at radius 2 is 2.16 bits per heavy atom. The first-order valence-corrected chi connectivity index (χ1v) is 6.87. The van der Waals surface area contributed by atoms with Crippen molar-refractivity contribution in [2.45, 2.75) is 26.3 Å². The van der Waals surface area contributed by atoms with E-state index in [1.807, 2.05) is 35.2 Å². The fourth-order valence-corrected chi connectivity index (χ4v) is 2.38. The highest BCUT2D eigenvalue weighted by Gasteiger charge is 2.27. The van der Waals surface area contributed by atoms with Crippen LogP contribution in [0.15, 0.2) is 30.3 Å². The Labute approximate surface area is 114 Å². The molecule has 1 saturated heterocycles. The molecule has 1 fully saturated rings. The Morgan fingerprint density at radius 1 is 1.42 bits per heavy atom. The number of ether oxygens (including phenoxy) is 1. The van der Waals surface area contributed by atoms with Gasteiger partial charge in [-0.2, -0.15) is 0 Å². The summed E-state index contributed by atoms with van der Waals surface area (Å²) in [6.45, 7) is 6.26. The van der Waals surface area contributed by atoms with Gasteiger partial charge in [-0.25, -0.2) is 4.79 Å². The third-order valence-corrected chi connectivity index (χ3v) is 3.26. The molecule has 4 heteroatoms. The predicted octanol–water partition coefficient (Wildman–Crippen LogP) is 2.97. The van der Waals surface area contributed by atoms with Crippen molar-refractivity contribution >= 4 is 11.7 Å². The molecule has 2 rings (SSSR count). The van der Waals surface area contributed by atoms with E-state index < -0.39 is 0 Å². The number of morpholine rings is 1. The van der Waals surface area contributed by atoms with Crippen molar-refractivity contribution in [3.63, 3.8) is 0 Å². The van der Waals surface area contributed by atoms with Gasteiger partial charge in [0.05, 0.1) is 19.3 Å². The zero-order valence-corrected chi connectivity index (χ0v) is 11.6. The summed E-state index contributed by atoms with van der Waals surface area (Å²) in [6.07, 6.45) is 0.974. The molecular weight excluding hydrogens is 240 g/mol. The zero-order valence-electron chi connectivity index (χ0n) is 11.6. The van der Waals surface area contributed by atoms with Gasteiger partial charge in [-0.05, 0) is 24.5 Å². The van der Waals surface area contributed by atoms with E-state index in [-0.39, 0.29) is 12.1 Å². The molecule has 1 aromatic carbocycles. The Bertz CT molecular complexity index is 406. The molecule has 0 aromatic heterocycles. The number of rotatable bonds is 3. The second kappa shape index (κ2) is 6.57. The number of nitrogens with zero attached hydrogens (tertiary/aromatic N) is 1. The molecule has 19 heavy (non-hydrogen) atoms. The number of hydrogen-bond acceptors (Lipinski definition) is 2. The number of nitrogens with one attached hydrogen (secondary N) is 1. The number of carbonyl (C=O) groups excluding carboxylic acids is 1. The second-order valence-corrected chi connectivity index (χ2v) is 5.35. The largest absolute Gasteiger partial charge is 0.377 e. The molecule has 4 nitrogen and oxygen atoms in total. The van der Waals surface area contributed by atoms with E-state index in [2.05, 4.69) is 19.2 Å². The maximum absolute atomic E-state index is 12.3. The number of benzene rings is 1.